The number of hydrogen-bond donors (Lipinski definition) is 4. The van der Waals surface area contributed by atoms with Gasteiger partial charge in [-0.05, 0) is 43.6 Å². The number of carbonyl (C=O) groups excluding carboxylic acids is 1. The van der Waals surface area contributed by atoms with E-state index in [1.165, 1.54) is 0 Å². The zero-order valence-corrected chi connectivity index (χ0v) is 15.0. The van der Waals surface area contributed by atoms with Gasteiger partial charge in [-0.2, -0.15) is 11.8 Å². The third-order valence-electron chi connectivity index (χ3n) is 4.87. The lowest BCUT2D eigenvalue weighted by Gasteiger charge is -2.41. The number of nitrogens with two attached hydrogens (primary N) is 2. The van der Waals surface area contributed by atoms with E-state index >= 15 is 0 Å². The van der Waals surface area contributed by atoms with Crippen LogP contribution in [0.5, 0.6) is 0 Å². The Morgan fingerprint density at radius 1 is 1.48 bits per heavy atom. The van der Waals surface area contributed by atoms with E-state index in [1.807, 2.05) is 6.26 Å². The van der Waals surface area contributed by atoms with Crippen LogP contribution in [0.25, 0.3) is 0 Å². The quantitative estimate of drug-likeness (QED) is 0.432. The number of thioether (sulfide) groups is 1. The van der Waals surface area contributed by atoms with E-state index in [1.54, 1.807) is 11.8 Å². The normalized spacial score (nSPS) is 29.0. The molecule has 0 bridgehead atoms. The zero-order chi connectivity index (χ0) is 17.5. The van der Waals surface area contributed by atoms with Gasteiger partial charge in [0.2, 0.25) is 5.91 Å². The van der Waals surface area contributed by atoms with Crippen LogP contribution < -0.4 is 16.8 Å². The number of carboxylic acids is 1. The summed E-state index contributed by atoms with van der Waals surface area (Å²) in [5.74, 6) is -0.250. The van der Waals surface area contributed by atoms with Crippen molar-refractivity contribution >= 4 is 31.5 Å². The van der Waals surface area contributed by atoms with Crippen molar-refractivity contribution < 1.29 is 14.7 Å². The molecule has 1 rings (SSSR count). The Balaban J connectivity index is 2.60. The Kier molecular flexibility index (Phi) is 8.43. The number of aliphatic carboxylic acids is 1. The molecule has 0 heterocycles. The van der Waals surface area contributed by atoms with Crippen LogP contribution in [0.15, 0.2) is 0 Å². The third kappa shape index (κ3) is 5.69. The molecule has 1 amide bonds. The molecule has 0 radical (unpaired) electrons. The molecule has 0 saturated heterocycles. The van der Waals surface area contributed by atoms with Crippen molar-refractivity contribution in [3.63, 3.8) is 0 Å². The van der Waals surface area contributed by atoms with Gasteiger partial charge in [0.15, 0.2) is 0 Å². The molecule has 8 heteroatoms. The summed E-state index contributed by atoms with van der Waals surface area (Å²) in [5.41, 5.74) is 10.8. The first kappa shape index (κ1) is 20.3. The Morgan fingerprint density at radius 2 is 2.17 bits per heavy atom. The molecule has 0 spiro atoms. The summed E-state index contributed by atoms with van der Waals surface area (Å²) in [6.45, 7) is 0.285. The van der Waals surface area contributed by atoms with Gasteiger partial charge in [0.1, 0.15) is 13.4 Å². The van der Waals surface area contributed by atoms with Crippen molar-refractivity contribution in [1.29, 1.82) is 0 Å². The molecule has 0 aliphatic heterocycles. The van der Waals surface area contributed by atoms with Gasteiger partial charge in [-0.25, -0.2) is 0 Å². The predicted octanol–water partition coefficient (Wildman–Crippen LogP) is -0.177. The van der Waals surface area contributed by atoms with Gasteiger partial charge in [0.05, 0.1) is 6.04 Å². The highest BCUT2D eigenvalue weighted by Crippen LogP contribution is 2.37. The molecule has 6 N–H and O–H groups in total. The molecule has 0 aromatic carbocycles. The lowest BCUT2D eigenvalue weighted by Crippen LogP contribution is -2.60. The first-order valence-corrected chi connectivity index (χ1v) is 9.79. The van der Waals surface area contributed by atoms with Crippen LogP contribution in [-0.4, -0.2) is 55.0 Å². The number of carbonyl (C=O) groups is 2. The van der Waals surface area contributed by atoms with Crippen molar-refractivity contribution in [2.45, 2.75) is 50.0 Å². The lowest BCUT2D eigenvalue weighted by molar-refractivity contribution is -0.148. The van der Waals surface area contributed by atoms with Crippen LogP contribution in [0.3, 0.4) is 0 Å². The highest BCUT2D eigenvalue weighted by Gasteiger charge is 2.46. The minimum Gasteiger partial charge on any atom is -0.480 e. The van der Waals surface area contributed by atoms with E-state index in [0.29, 0.717) is 18.8 Å². The Hall–Kier alpha value is -0.725. The highest BCUT2D eigenvalue weighted by atomic mass is 32.2. The standard InChI is InChI=1S/C15H30BN3O3S/c1-23-7-5-12(17)13(20)19-9-11-3-2-10(4-6-16)8-15(11,18)14(21)22/h10-12H,2-9,16-18H2,1H3,(H,19,20)(H,21,22)/t10-,11-,12-,15+/m0/s1. The SMILES string of the molecule is BCC[C@@H]1CC[C@@H](CNC(=O)[C@@H](N)CCSC)[C@@](N)(C(=O)O)C1. The largest absolute Gasteiger partial charge is 0.480 e. The molecule has 4 atom stereocenters. The maximum absolute atomic E-state index is 12.0. The summed E-state index contributed by atoms with van der Waals surface area (Å²) < 4.78 is 0. The summed E-state index contributed by atoms with van der Waals surface area (Å²) in [7, 11) is 2.10. The van der Waals surface area contributed by atoms with Crippen molar-refractivity contribution in [3.05, 3.63) is 0 Å². The van der Waals surface area contributed by atoms with E-state index in [-0.39, 0.29) is 18.4 Å². The van der Waals surface area contributed by atoms with Gasteiger partial charge in [-0.15, -0.1) is 0 Å². The second-order valence-electron chi connectivity index (χ2n) is 6.61. The molecule has 0 aromatic rings. The van der Waals surface area contributed by atoms with Crippen molar-refractivity contribution in [3.8, 4) is 0 Å². The zero-order valence-electron chi connectivity index (χ0n) is 14.2. The third-order valence-corrected chi connectivity index (χ3v) is 5.51. The van der Waals surface area contributed by atoms with Crippen LogP contribution in [0.4, 0.5) is 0 Å². The first-order valence-electron chi connectivity index (χ1n) is 8.39. The van der Waals surface area contributed by atoms with Gasteiger partial charge in [0, 0.05) is 12.5 Å². The summed E-state index contributed by atoms with van der Waals surface area (Å²) in [4.78, 5) is 23.7. The second kappa shape index (κ2) is 9.54. The maximum atomic E-state index is 12.0. The van der Waals surface area contributed by atoms with Gasteiger partial charge < -0.3 is 21.9 Å². The number of hydrogen-bond acceptors (Lipinski definition) is 5. The molecule has 1 aliphatic carbocycles. The Bertz CT molecular complexity index is 413. The van der Waals surface area contributed by atoms with Gasteiger partial charge in [0.25, 0.3) is 0 Å². The van der Waals surface area contributed by atoms with Gasteiger partial charge in [-0.1, -0.05) is 12.7 Å². The molecular weight excluding hydrogens is 313 g/mol. The molecule has 1 saturated carbocycles. The fourth-order valence-corrected chi connectivity index (χ4v) is 3.86. The maximum Gasteiger partial charge on any atom is 0.324 e. The number of rotatable bonds is 9. The minimum atomic E-state index is -1.26. The summed E-state index contributed by atoms with van der Waals surface area (Å²) in [5, 5.41) is 12.4. The lowest BCUT2D eigenvalue weighted by atomic mass is 9.67. The summed E-state index contributed by atoms with van der Waals surface area (Å²) >= 11 is 1.64. The van der Waals surface area contributed by atoms with Crippen LogP contribution >= 0.6 is 11.8 Å². The molecule has 0 aromatic heterocycles. The molecule has 1 fully saturated rings. The predicted molar refractivity (Wildman–Crippen MR) is 97.3 cm³/mol. The molecule has 1 aliphatic rings. The fourth-order valence-electron chi connectivity index (χ4n) is 3.37. The molecule has 23 heavy (non-hydrogen) atoms. The summed E-state index contributed by atoms with van der Waals surface area (Å²) in [6, 6.07) is -0.545. The van der Waals surface area contributed by atoms with E-state index in [0.717, 1.165) is 31.3 Å². The van der Waals surface area contributed by atoms with Crippen molar-refractivity contribution in [2.75, 3.05) is 18.6 Å². The Labute approximate surface area is 143 Å². The number of amides is 1. The van der Waals surface area contributed by atoms with Crippen LogP contribution in [0.1, 0.15) is 32.1 Å². The van der Waals surface area contributed by atoms with Gasteiger partial charge >= 0.3 is 5.97 Å². The monoisotopic (exact) mass is 343 g/mol. The fraction of sp³-hybridized carbons (Fsp3) is 0.867. The summed E-state index contributed by atoms with van der Waals surface area (Å²) in [6.07, 6.45) is 6.80. The van der Waals surface area contributed by atoms with E-state index in [4.69, 9.17) is 11.5 Å². The molecule has 0 unspecified atom stereocenters. The smallest absolute Gasteiger partial charge is 0.324 e. The minimum absolute atomic E-state index is 0.220. The van der Waals surface area contributed by atoms with Crippen LogP contribution in [-0.2, 0) is 9.59 Å². The average molecular weight is 343 g/mol. The average Bonchev–Trinajstić information content (AvgIpc) is 2.51. The number of carboxylic acid groups (broad SMARTS) is 1. The first-order chi connectivity index (χ1) is 10.8. The van der Waals surface area contributed by atoms with Crippen LogP contribution in [0.2, 0.25) is 6.32 Å². The Morgan fingerprint density at radius 3 is 2.74 bits per heavy atom. The topological polar surface area (TPSA) is 118 Å². The molecular formula is C15H30BN3O3S. The van der Waals surface area contributed by atoms with Crippen molar-refractivity contribution in [2.24, 2.45) is 23.3 Å². The van der Waals surface area contributed by atoms with Gasteiger partial charge in [-0.3, -0.25) is 9.59 Å². The number of nitrogens with one attached hydrogen (secondary N) is 1. The molecule has 6 nitrogen and oxygen atoms in total. The van der Waals surface area contributed by atoms with E-state index in [2.05, 4.69) is 13.2 Å². The van der Waals surface area contributed by atoms with E-state index < -0.39 is 17.6 Å². The van der Waals surface area contributed by atoms with E-state index in [9.17, 15) is 14.7 Å². The highest BCUT2D eigenvalue weighted by molar-refractivity contribution is 7.98. The van der Waals surface area contributed by atoms with Crippen LogP contribution in [0, 0.1) is 11.8 Å². The van der Waals surface area contributed by atoms with Crippen molar-refractivity contribution in [1.82, 2.24) is 5.32 Å². The molecule has 132 valence electrons. The second-order valence-corrected chi connectivity index (χ2v) is 7.60.